The number of aromatic nitrogens is 1. The number of rotatable bonds is 6. The Kier molecular flexibility index (Phi) is 5.79. The Morgan fingerprint density at radius 2 is 1.81 bits per heavy atom. The van der Waals surface area contributed by atoms with Gasteiger partial charge in [-0.05, 0) is 43.2 Å². The first kappa shape index (κ1) is 19.7. The number of carbonyl (C=O) groups is 1. The highest BCUT2D eigenvalue weighted by atomic mass is 35.5. The summed E-state index contributed by atoms with van der Waals surface area (Å²) in [5, 5.41) is 3.44. The van der Waals surface area contributed by atoms with E-state index in [0.29, 0.717) is 18.5 Å². The predicted molar refractivity (Wildman–Crippen MR) is 108 cm³/mol. The fourth-order valence-electron chi connectivity index (χ4n) is 2.75. The van der Waals surface area contributed by atoms with Gasteiger partial charge in [0.1, 0.15) is 0 Å². The van der Waals surface area contributed by atoms with Gasteiger partial charge in [-0.25, -0.2) is 12.4 Å². The minimum atomic E-state index is -3.69. The van der Waals surface area contributed by atoms with Crippen LogP contribution in [0, 0.1) is 6.92 Å². The molecular weight excluding hydrogens is 407 g/mol. The Hall–Kier alpha value is -2.02. The molecule has 0 aliphatic rings. The molecule has 0 fully saturated rings. The first-order valence-corrected chi connectivity index (χ1v) is 10.6. The third kappa shape index (κ3) is 4.29. The number of aryl methyl sites for hydroxylation is 1. The van der Waals surface area contributed by atoms with Crippen molar-refractivity contribution in [2.45, 2.75) is 23.1 Å². The van der Waals surface area contributed by atoms with Crippen LogP contribution in [0.1, 0.15) is 11.1 Å². The van der Waals surface area contributed by atoms with Crippen molar-refractivity contribution in [3.63, 3.8) is 0 Å². The van der Waals surface area contributed by atoms with Crippen molar-refractivity contribution in [1.29, 1.82) is 0 Å². The lowest BCUT2D eigenvalue weighted by Crippen LogP contribution is -2.30. The molecule has 1 heterocycles. The Morgan fingerprint density at radius 3 is 2.48 bits per heavy atom. The molecule has 2 aromatic carbocycles. The zero-order valence-electron chi connectivity index (χ0n) is 14.5. The maximum atomic E-state index is 13.0. The predicted octanol–water partition coefficient (Wildman–Crippen LogP) is 3.65. The van der Waals surface area contributed by atoms with Crippen LogP contribution in [0.2, 0.25) is 0 Å². The Bertz CT molecular complexity index is 1070. The number of hydrogen-bond donors (Lipinski definition) is 1. The van der Waals surface area contributed by atoms with E-state index >= 15 is 0 Å². The van der Waals surface area contributed by atoms with Crippen LogP contribution in [0.15, 0.2) is 59.6 Å². The molecule has 0 radical (unpaired) electrons. The number of amides is 1. The lowest BCUT2D eigenvalue weighted by Gasteiger charge is -2.10. The van der Waals surface area contributed by atoms with E-state index in [2.05, 4.69) is 5.32 Å². The van der Waals surface area contributed by atoms with Crippen LogP contribution in [0.4, 0.5) is 0 Å². The first-order valence-electron chi connectivity index (χ1n) is 8.27. The van der Waals surface area contributed by atoms with Crippen LogP contribution in [0.3, 0.4) is 0 Å². The zero-order valence-corrected chi connectivity index (χ0v) is 16.9. The van der Waals surface area contributed by atoms with E-state index < -0.39 is 20.8 Å². The zero-order chi connectivity index (χ0) is 19.6. The van der Waals surface area contributed by atoms with Crippen LogP contribution in [-0.4, -0.2) is 29.7 Å². The normalized spacial score (nSPS) is 11.9. The summed E-state index contributed by atoms with van der Waals surface area (Å²) in [4.78, 5) is 10.5. The van der Waals surface area contributed by atoms with Crippen molar-refractivity contribution in [2.75, 3.05) is 6.54 Å². The number of halogens is 2. The lowest BCUT2D eigenvalue weighted by molar-refractivity contribution is -0.119. The number of nitrogens with zero attached hydrogens (tertiary/aromatic N) is 1. The summed E-state index contributed by atoms with van der Waals surface area (Å²) in [6.07, 6.45) is 2.08. The van der Waals surface area contributed by atoms with Crippen molar-refractivity contribution < 1.29 is 13.2 Å². The molecule has 3 aromatic rings. The maximum Gasteiger partial charge on any atom is 0.268 e. The van der Waals surface area contributed by atoms with Gasteiger partial charge in [-0.15, -0.1) is 0 Å². The molecule has 5 nitrogen and oxygen atoms in total. The minimum absolute atomic E-state index is 0.235. The summed E-state index contributed by atoms with van der Waals surface area (Å²) in [6.45, 7) is 2.26. The van der Waals surface area contributed by atoms with E-state index in [-0.39, 0.29) is 4.90 Å². The quantitative estimate of drug-likeness (QED) is 0.613. The number of hydrogen-bond acceptors (Lipinski definition) is 3. The summed E-state index contributed by atoms with van der Waals surface area (Å²) >= 11 is 11.0. The number of carbonyl (C=O) groups excluding carboxylic acids is 1. The Balaban J connectivity index is 1.89. The van der Waals surface area contributed by atoms with Crippen molar-refractivity contribution in [3.8, 4) is 0 Å². The van der Waals surface area contributed by atoms with Gasteiger partial charge >= 0.3 is 0 Å². The fourth-order valence-corrected chi connectivity index (χ4v) is 4.25. The second-order valence-electron chi connectivity index (χ2n) is 6.16. The van der Waals surface area contributed by atoms with E-state index in [9.17, 15) is 13.2 Å². The molecule has 1 N–H and O–H groups in total. The van der Waals surface area contributed by atoms with E-state index in [1.165, 1.54) is 3.97 Å². The summed E-state index contributed by atoms with van der Waals surface area (Å²) < 4.78 is 27.3. The van der Waals surface area contributed by atoms with Gasteiger partial charge in [0, 0.05) is 18.1 Å². The van der Waals surface area contributed by atoms with Crippen molar-refractivity contribution in [1.82, 2.24) is 9.29 Å². The van der Waals surface area contributed by atoms with Crippen molar-refractivity contribution in [2.24, 2.45) is 0 Å². The molecule has 1 amide bonds. The third-order valence-electron chi connectivity index (χ3n) is 4.21. The Labute approximate surface area is 167 Å². The molecule has 1 aromatic heterocycles. The standard InChI is InChI=1S/C19H18Cl2N2O3S/c1-13-2-6-16(7-3-13)27(25,26)23-11-9-15-5-4-14(12-17(15)23)8-10-22-19(24)18(20)21/h2-7,9,11-12,18H,8,10H2,1H3,(H,22,24). The summed E-state index contributed by atoms with van der Waals surface area (Å²) in [7, 11) is -3.69. The molecule has 0 saturated carbocycles. The fraction of sp³-hybridized carbons (Fsp3) is 0.211. The third-order valence-corrected chi connectivity index (χ3v) is 6.31. The van der Waals surface area contributed by atoms with E-state index in [4.69, 9.17) is 23.2 Å². The van der Waals surface area contributed by atoms with E-state index in [0.717, 1.165) is 16.5 Å². The van der Waals surface area contributed by atoms with Crippen LogP contribution in [-0.2, 0) is 21.2 Å². The number of nitrogens with one attached hydrogen (secondary N) is 1. The monoisotopic (exact) mass is 424 g/mol. The van der Waals surface area contributed by atoms with Gasteiger partial charge in [-0.2, -0.15) is 0 Å². The van der Waals surface area contributed by atoms with Crippen LogP contribution in [0.25, 0.3) is 10.9 Å². The summed E-state index contributed by atoms with van der Waals surface area (Å²) in [5.74, 6) is -0.454. The molecule has 27 heavy (non-hydrogen) atoms. The topological polar surface area (TPSA) is 68.2 Å². The van der Waals surface area contributed by atoms with Gasteiger partial charge in [-0.3, -0.25) is 4.79 Å². The van der Waals surface area contributed by atoms with Crippen LogP contribution < -0.4 is 5.32 Å². The molecule has 0 unspecified atom stereocenters. The highest BCUT2D eigenvalue weighted by Crippen LogP contribution is 2.23. The molecule has 0 bridgehead atoms. The molecule has 8 heteroatoms. The number of benzene rings is 2. The van der Waals surface area contributed by atoms with Gasteiger partial charge < -0.3 is 5.32 Å². The first-order chi connectivity index (χ1) is 12.8. The average molecular weight is 425 g/mol. The van der Waals surface area contributed by atoms with Gasteiger partial charge in [0.2, 0.25) is 0 Å². The summed E-state index contributed by atoms with van der Waals surface area (Å²) in [6, 6.07) is 14.1. The second kappa shape index (κ2) is 7.92. The highest BCUT2D eigenvalue weighted by Gasteiger charge is 2.19. The molecule has 0 aliphatic carbocycles. The van der Waals surface area contributed by atoms with E-state index in [1.807, 2.05) is 25.1 Å². The average Bonchev–Trinajstić information content (AvgIpc) is 3.06. The summed E-state index contributed by atoms with van der Waals surface area (Å²) in [5.41, 5.74) is 2.47. The second-order valence-corrected chi connectivity index (χ2v) is 9.08. The number of alkyl halides is 2. The number of fused-ring (bicyclic) bond motifs is 1. The van der Waals surface area contributed by atoms with Gasteiger partial charge in [0.25, 0.3) is 15.9 Å². The molecule has 0 spiro atoms. The molecular formula is C19H18Cl2N2O3S. The SMILES string of the molecule is Cc1ccc(S(=O)(=O)n2ccc3ccc(CCNC(=O)C(Cl)Cl)cc32)cc1. The smallest absolute Gasteiger partial charge is 0.268 e. The van der Waals surface area contributed by atoms with Gasteiger partial charge in [0.15, 0.2) is 4.84 Å². The maximum absolute atomic E-state index is 13.0. The van der Waals surface area contributed by atoms with Gasteiger partial charge in [0.05, 0.1) is 10.4 Å². The minimum Gasteiger partial charge on any atom is -0.353 e. The molecule has 0 saturated heterocycles. The van der Waals surface area contributed by atoms with Crippen molar-refractivity contribution >= 4 is 50.0 Å². The van der Waals surface area contributed by atoms with Crippen molar-refractivity contribution in [3.05, 3.63) is 65.9 Å². The molecule has 3 rings (SSSR count). The molecule has 0 atom stereocenters. The largest absolute Gasteiger partial charge is 0.353 e. The van der Waals surface area contributed by atoms with Gasteiger partial charge in [-0.1, -0.05) is 53.0 Å². The highest BCUT2D eigenvalue weighted by molar-refractivity contribution is 7.90. The molecule has 142 valence electrons. The van der Waals surface area contributed by atoms with Crippen LogP contribution in [0.5, 0.6) is 0 Å². The lowest BCUT2D eigenvalue weighted by atomic mass is 10.1. The van der Waals surface area contributed by atoms with E-state index in [1.54, 1.807) is 36.5 Å². The van der Waals surface area contributed by atoms with Crippen LogP contribution >= 0.6 is 23.2 Å². The molecule has 0 aliphatic heterocycles. The Morgan fingerprint density at radius 1 is 1.11 bits per heavy atom.